The summed E-state index contributed by atoms with van der Waals surface area (Å²) in [5.41, 5.74) is -3.72. The Bertz CT molecular complexity index is 910. The molecule has 0 radical (unpaired) electrons. The molecule has 1 unspecified atom stereocenters. The van der Waals surface area contributed by atoms with E-state index in [9.17, 15) is 24.9 Å². The quantitative estimate of drug-likeness (QED) is 0.431. The smallest absolute Gasteiger partial charge is 0.308 e. The molecule has 30 heavy (non-hydrogen) atoms. The van der Waals surface area contributed by atoms with Gasteiger partial charge >= 0.3 is 5.97 Å². The molecule has 5 aliphatic rings. The minimum Gasteiger partial charge on any atom is -0.455 e. The van der Waals surface area contributed by atoms with Gasteiger partial charge < -0.3 is 24.8 Å². The zero-order chi connectivity index (χ0) is 21.9. The predicted octanol–water partition coefficient (Wildman–Crippen LogP) is 1.16. The predicted molar refractivity (Wildman–Crippen MR) is 107 cm³/mol. The van der Waals surface area contributed by atoms with E-state index in [2.05, 4.69) is 0 Å². The van der Waals surface area contributed by atoms with Gasteiger partial charge in [0.1, 0.15) is 17.3 Å². The van der Waals surface area contributed by atoms with E-state index in [1.54, 1.807) is 13.0 Å². The van der Waals surface area contributed by atoms with E-state index in [0.717, 1.165) is 0 Å². The summed E-state index contributed by atoms with van der Waals surface area (Å²) in [6, 6.07) is 0. The first-order valence-electron chi connectivity index (χ1n) is 10.8. The topological polar surface area (TPSA) is 113 Å². The molecule has 1 saturated heterocycles. The van der Waals surface area contributed by atoms with Gasteiger partial charge in [-0.15, -0.1) is 0 Å². The summed E-state index contributed by atoms with van der Waals surface area (Å²) in [5.74, 6) is -2.85. The number of hydrogen-bond donors (Lipinski definition) is 3. The molecule has 4 aliphatic carbocycles. The van der Waals surface area contributed by atoms with Crippen molar-refractivity contribution in [1.29, 1.82) is 0 Å². The molecule has 0 bridgehead atoms. The number of hydrogen-bond acceptors (Lipinski definition) is 7. The Morgan fingerprint density at radius 3 is 2.60 bits per heavy atom. The number of rotatable bonds is 1. The molecule has 0 amide bonds. The lowest BCUT2D eigenvalue weighted by atomic mass is 9.59. The molecule has 1 heterocycles. The van der Waals surface area contributed by atoms with E-state index in [1.165, 1.54) is 0 Å². The summed E-state index contributed by atoms with van der Waals surface area (Å²) >= 11 is 0. The maximum atomic E-state index is 13.0. The second-order valence-corrected chi connectivity index (χ2v) is 10.5. The van der Waals surface area contributed by atoms with Crippen LogP contribution in [0.2, 0.25) is 0 Å². The lowest BCUT2D eigenvalue weighted by Gasteiger charge is -2.53. The molecular formula is C23H32O7. The van der Waals surface area contributed by atoms with E-state index in [1.807, 2.05) is 26.8 Å². The number of fused-ring (bicyclic) bond motifs is 4. The molecule has 0 aromatic rings. The summed E-state index contributed by atoms with van der Waals surface area (Å²) in [5, 5.41) is 33.9. The lowest BCUT2D eigenvalue weighted by molar-refractivity contribution is -0.220. The van der Waals surface area contributed by atoms with E-state index in [-0.39, 0.29) is 39.4 Å². The highest BCUT2D eigenvalue weighted by Crippen LogP contribution is 2.77. The fourth-order valence-corrected chi connectivity index (χ4v) is 7.41. The van der Waals surface area contributed by atoms with Crippen molar-refractivity contribution < 1.29 is 35.8 Å². The second-order valence-electron chi connectivity index (χ2n) is 10.5. The van der Waals surface area contributed by atoms with Crippen LogP contribution in [-0.4, -0.2) is 63.2 Å². The summed E-state index contributed by atoms with van der Waals surface area (Å²) in [7, 11) is 0. The Hall–Kier alpha value is -1.54. The van der Waals surface area contributed by atoms with Crippen LogP contribution in [0.5, 0.6) is 0 Å². The fourth-order valence-electron chi connectivity index (χ4n) is 7.41. The average Bonchev–Trinajstić information content (AvgIpc) is 3.18. The van der Waals surface area contributed by atoms with Crippen molar-refractivity contribution >= 4 is 11.8 Å². The molecule has 5 rings (SSSR count). The molecule has 2 saturated carbocycles. The second kappa shape index (κ2) is 5.82. The molecule has 1 aliphatic heterocycles. The number of carbonyl (C=O) groups is 2. The number of esters is 1. The van der Waals surface area contributed by atoms with Crippen molar-refractivity contribution in [1.82, 2.24) is 0 Å². The summed E-state index contributed by atoms with van der Waals surface area (Å²) < 4.78 is 12.2. The van der Waals surface area contributed by atoms with Crippen LogP contribution in [0.25, 0.3) is 0 Å². The Labute approximate surface area is 177 Å². The highest BCUT2D eigenvalue weighted by Gasteiger charge is 2.87. The molecule has 3 fully saturated rings. The maximum absolute atomic E-state index is 13.0. The van der Waals surface area contributed by atoms with Gasteiger partial charge in [-0.05, 0) is 18.1 Å². The molecule has 0 aromatic heterocycles. The largest absolute Gasteiger partial charge is 0.455 e. The highest BCUT2D eigenvalue weighted by atomic mass is 16.6. The van der Waals surface area contributed by atoms with Gasteiger partial charge in [0.2, 0.25) is 0 Å². The molecule has 7 heteroatoms. The maximum Gasteiger partial charge on any atom is 0.308 e. The molecule has 1 spiro atoms. The van der Waals surface area contributed by atoms with Gasteiger partial charge in [0.05, 0.1) is 25.2 Å². The van der Waals surface area contributed by atoms with Crippen molar-refractivity contribution in [2.24, 2.45) is 29.1 Å². The molecule has 166 valence electrons. The van der Waals surface area contributed by atoms with Gasteiger partial charge in [0.15, 0.2) is 5.78 Å². The van der Waals surface area contributed by atoms with Crippen LogP contribution in [-0.2, 0) is 19.1 Å². The van der Waals surface area contributed by atoms with Gasteiger partial charge in [-0.25, -0.2) is 0 Å². The summed E-state index contributed by atoms with van der Waals surface area (Å²) in [6.07, 6.45) is 3.07. The number of aliphatic hydroxyl groups is 3. The SMILES string of the molecule is CC1=CC2[C@@]3(O)[C@H](C)[C@H]4OCCC(=O)O[C@]45[C@H]([C@@H]3C=C(CO)C[C@]2(O)C1=O)C5(C)C.[HH]. The first-order valence-corrected chi connectivity index (χ1v) is 10.8. The molecule has 7 nitrogen and oxygen atoms in total. The van der Waals surface area contributed by atoms with Crippen LogP contribution in [0.1, 0.15) is 42.0 Å². The number of ether oxygens (including phenoxy) is 2. The van der Waals surface area contributed by atoms with Crippen LogP contribution in [0, 0.1) is 29.1 Å². The minimum atomic E-state index is -1.81. The monoisotopic (exact) mass is 420 g/mol. The first-order chi connectivity index (χ1) is 14.0. The first kappa shape index (κ1) is 20.4. The third-order valence-corrected chi connectivity index (χ3v) is 8.84. The molecule has 3 N–H and O–H groups in total. The normalized spacial score (nSPS) is 51.2. The van der Waals surface area contributed by atoms with Gasteiger partial charge in [0.25, 0.3) is 0 Å². The van der Waals surface area contributed by atoms with E-state index < -0.39 is 51.9 Å². The van der Waals surface area contributed by atoms with E-state index in [4.69, 9.17) is 9.47 Å². The van der Waals surface area contributed by atoms with Gasteiger partial charge in [-0.2, -0.15) is 0 Å². The van der Waals surface area contributed by atoms with Crippen LogP contribution < -0.4 is 0 Å². The van der Waals surface area contributed by atoms with Gasteiger partial charge in [-0.3, -0.25) is 9.59 Å². The Balaban J connectivity index is 0.00000231. The van der Waals surface area contributed by atoms with Crippen molar-refractivity contribution in [3.8, 4) is 0 Å². The summed E-state index contributed by atoms with van der Waals surface area (Å²) in [6.45, 7) is 7.42. The fraction of sp³-hybridized carbons (Fsp3) is 0.739. The number of aliphatic hydroxyl groups excluding tert-OH is 1. The highest BCUT2D eigenvalue weighted by molar-refractivity contribution is 6.04. The van der Waals surface area contributed by atoms with Gasteiger partial charge in [-0.1, -0.05) is 32.9 Å². The van der Waals surface area contributed by atoms with Crippen molar-refractivity contribution in [3.05, 3.63) is 23.3 Å². The van der Waals surface area contributed by atoms with Crippen LogP contribution >= 0.6 is 0 Å². The molecular weight excluding hydrogens is 388 g/mol. The van der Waals surface area contributed by atoms with Crippen molar-refractivity contribution in [2.45, 2.75) is 63.4 Å². The van der Waals surface area contributed by atoms with Gasteiger partial charge in [0, 0.05) is 36.9 Å². The number of Topliss-reactive ketones (excluding diaryl/α,β-unsaturated/α-hetero) is 1. The average molecular weight is 421 g/mol. The Morgan fingerprint density at radius 2 is 1.93 bits per heavy atom. The number of ketones is 1. The zero-order valence-corrected chi connectivity index (χ0v) is 17.8. The zero-order valence-electron chi connectivity index (χ0n) is 17.8. The number of carbonyl (C=O) groups excluding carboxylic acids is 2. The third kappa shape index (κ3) is 2.05. The Kier molecular flexibility index (Phi) is 3.95. The van der Waals surface area contributed by atoms with E-state index >= 15 is 0 Å². The van der Waals surface area contributed by atoms with Crippen LogP contribution in [0.4, 0.5) is 0 Å². The third-order valence-electron chi connectivity index (χ3n) is 8.84. The molecule has 8 atom stereocenters. The van der Waals surface area contributed by atoms with Crippen LogP contribution in [0.15, 0.2) is 23.3 Å². The standard InChI is InChI=1S/C23H30O7.H2/c1-11-7-15-21(27,18(11)26)9-13(10-24)8-14-17-20(3,4)23(17)19(12(2)22(14,15)28)29-6-5-16(25)30-23;/h7-8,12,14-15,17,19,24,27-28H,5-6,9-10H2,1-4H3;1H/t12-,14+,15?,17-,19-,21-,22-,23-;/m1./s1. The molecule has 0 aromatic carbocycles. The van der Waals surface area contributed by atoms with Crippen molar-refractivity contribution in [3.63, 3.8) is 0 Å². The summed E-state index contributed by atoms with van der Waals surface area (Å²) in [4.78, 5) is 25.4. The van der Waals surface area contributed by atoms with E-state index in [0.29, 0.717) is 11.1 Å². The lowest BCUT2D eigenvalue weighted by Crippen LogP contribution is -2.65. The van der Waals surface area contributed by atoms with Crippen molar-refractivity contribution in [2.75, 3.05) is 13.2 Å². The minimum absolute atomic E-state index is 0. The van der Waals surface area contributed by atoms with Crippen LogP contribution in [0.3, 0.4) is 0 Å². The Morgan fingerprint density at radius 1 is 1.23 bits per heavy atom.